The molecule has 1 atom stereocenters. The lowest BCUT2D eigenvalue weighted by Crippen LogP contribution is -2.60. The van der Waals surface area contributed by atoms with Crippen molar-refractivity contribution in [3.05, 3.63) is 0 Å². The highest BCUT2D eigenvalue weighted by molar-refractivity contribution is 5.85. The Morgan fingerprint density at radius 3 is 2.05 bits per heavy atom. The molecule has 1 unspecified atom stereocenters. The molecule has 0 aromatic heterocycles. The summed E-state index contributed by atoms with van der Waals surface area (Å²) < 4.78 is 5.84. The first kappa shape index (κ1) is 21.2. The second kappa shape index (κ2) is 7.63. The predicted molar refractivity (Wildman–Crippen MR) is 92.3 cm³/mol. The van der Waals surface area contributed by atoms with Crippen molar-refractivity contribution in [2.24, 2.45) is 0 Å². The number of rotatable bonds is 6. The number of ether oxygens (including phenoxy) is 1. The minimum Gasteiger partial charge on any atom is -0.389 e. The molecular weight excluding hydrogens is 286 g/mol. The second-order valence-corrected chi connectivity index (χ2v) is 8.17. The fourth-order valence-corrected chi connectivity index (χ4v) is 3.22. The smallest absolute Gasteiger partial charge is 0.0900 e. The average Bonchev–Trinajstić information content (AvgIpc) is 2.31. The van der Waals surface area contributed by atoms with E-state index in [2.05, 4.69) is 53.4 Å². The summed E-state index contributed by atoms with van der Waals surface area (Å²) in [6.45, 7) is 16.5. The maximum atomic E-state index is 10.4. The van der Waals surface area contributed by atoms with Crippen LogP contribution in [0.25, 0.3) is 0 Å². The Labute approximate surface area is 137 Å². The first-order valence-electron chi connectivity index (χ1n) is 8.10. The molecule has 1 fully saturated rings. The van der Waals surface area contributed by atoms with Gasteiger partial charge in [-0.3, -0.25) is 4.90 Å². The number of hydrogen-bond donors (Lipinski definition) is 1. The van der Waals surface area contributed by atoms with Crippen LogP contribution in [0.3, 0.4) is 0 Å². The number of hydrogen-bond acceptors (Lipinski definition) is 3. The van der Waals surface area contributed by atoms with Gasteiger partial charge in [0.2, 0.25) is 0 Å². The van der Waals surface area contributed by atoms with Crippen molar-refractivity contribution < 1.29 is 9.84 Å². The van der Waals surface area contributed by atoms with E-state index in [0.717, 1.165) is 6.42 Å². The van der Waals surface area contributed by atoms with Gasteiger partial charge in [0.05, 0.1) is 18.3 Å². The predicted octanol–water partition coefficient (Wildman–Crippen LogP) is 4.02. The van der Waals surface area contributed by atoms with Crippen LogP contribution in [0.4, 0.5) is 0 Å². The van der Waals surface area contributed by atoms with Crippen LogP contribution in [0.5, 0.6) is 0 Å². The highest BCUT2D eigenvalue weighted by Gasteiger charge is 2.41. The summed E-state index contributed by atoms with van der Waals surface area (Å²) >= 11 is 0. The Bertz CT molecular complexity index is 300. The van der Waals surface area contributed by atoms with E-state index in [1.807, 2.05) is 0 Å². The van der Waals surface area contributed by atoms with Crippen LogP contribution in [0, 0.1) is 0 Å². The molecule has 0 aliphatic carbocycles. The summed E-state index contributed by atoms with van der Waals surface area (Å²) in [4.78, 5) is 2.47. The van der Waals surface area contributed by atoms with E-state index in [-0.39, 0.29) is 29.1 Å². The molecule has 0 bridgehead atoms. The summed E-state index contributed by atoms with van der Waals surface area (Å²) in [5, 5.41) is 10.4. The lowest BCUT2D eigenvalue weighted by atomic mass is 9.79. The minimum absolute atomic E-state index is 0. The molecule has 1 saturated heterocycles. The Morgan fingerprint density at radius 2 is 1.62 bits per heavy atom. The standard InChI is InChI=1S/C17H35NO2.ClH/c1-8-17(6,7)20-13-14(19)12-18-15(2,3)10-9-11-16(18,4)5;/h14,19H,8-13H2,1-7H3;1H. The highest BCUT2D eigenvalue weighted by Crippen LogP contribution is 2.38. The zero-order chi connectivity index (χ0) is 15.6. The maximum absolute atomic E-state index is 10.4. The number of likely N-dealkylation sites (tertiary alicyclic amines) is 1. The number of β-amino-alcohol motifs (C(OH)–C–C–N with tert-alkyl or cyclic N) is 1. The number of piperidine rings is 1. The molecule has 3 nitrogen and oxygen atoms in total. The van der Waals surface area contributed by atoms with Gasteiger partial charge in [0, 0.05) is 17.6 Å². The van der Waals surface area contributed by atoms with Crippen LogP contribution in [0.15, 0.2) is 0 Å². The van der Waals surface area contributed by atoms with Crippen LogP contribution in [-0.4, -0.2) is 45.9 Å². The van der Waals surface area contributed by atoms with Gasteiger partial charge in [0.1, 0.15) is 0 Å². The van der Waals surface area contributed by atoms with E-state index in [4.69, 9.17) is 4.74 Å². The van der Waals surface area contributed by atoms with Gasteiger partial charge in [-0.1, -0.05) is 6.92 Å². The molecule has 4 heteroatoms. The number of nitrogens with zero attached hydrogens (tertiary/aromatic N) is 1. The quantitative estimate of drug-likeness (QED) is 0.802. The van der Waals surface area contributed by atoms with Crippen LogP contribution in [0.2, 0.25) is 0 Å². The van der Waals surface area contributed by atoms with E-state index in [1.165, 1.54) is 19.3 Å². The second-order valence-electron chi connectivity index (χ2n) is 8.17. The van der Waals surface area contributed by atoms with Crippen molar-refractivity contribution in [1.29, 1.82) is 0 Å². The van der Waals surface area contributed by atoms with E-state index in [1.54, 1.807) is 0 Å². The third-order valence-electron chi connectivity index (χ3n) is 4.95. The summed E-state index contributed by atoms with van der Waals surface area (Å²) in [7, 11) is 0. The molecule has 1 heterocycles. The molecule has 0 radical (unpaired) electrons. The molecule has 0 aromatic rings. The topological polar surface area (TPSA) is 32.7 Å². The molecule has 1 rings (SSSR count). The number of aliphatic hydroxyl groups excluding tert-OH is 1. The Hall–Kier alpha value is 0.170. The molecule has 0 amide bonds. The van der Waals surface area contributed by atoms with Crippen molar-refractivity contribution in [2.45, 2.75) is 96.9 Å². The van der Waals surface area contributed by atoms with E-state index in [0.29, 0.717) is 13.2 Å². The van der Waals surface area contributed by atoms with Crippen molar-refractivity contribution in [2.75, 3.05) is 13.2 Å². The molecule has 128 valence electrons. The van der Waals surface area contributed by atoms with Crippen LogP contribution >= 0.6 is 12.4 Å². The SMILES string of the molecule is CCC(C)(C)OCC(O)CN1C(C)(C)CCCC1(C)C.Cl. The van der Waals surface area contributed by atoms with Gasteiger partial charge in [0.15, 0.2) is 0 Å². The third kappa shape index (κ3) is 6.05. The fraction of sp³-hybridized carbons (Fsp3) is 1.00. The van der Waals surface area contributed by atoms with Crippen molar-refractivity contribution in [1.82, 2.24) is 4.90 Å². The molecular formula is C17H36ClNO2. The van der Waals surface area contributed by atoms with E-state index >= 15 is 0 Å². The summed E-state index contributed by atoms with van der Waals surface area (Å²) in [5.41, 5.74) is 0.167. The lowest BCUT2D eigenvalue weighted by molar-refractivity contribution is -0.0971. The molecule has 0 saturated carbocycles. The monoisotopic (exact) mass is 321 g/mol. The molecule has 0 aromatic carbocycles. The normalized spacial score (nSPS) is 23.4. The van der Waals surface area contributed by atoms with Crippen LogP contribution < -0.4 is 0 Å². The van der Waals surface area contributed by atoms with Gasteiger partial charge >= 0.3 is 0 Å². The molecule has 0 spiro atoms. The fourth-order valence-electron chi connectivity index (χ4n) is 3.22. The van der Waals surface area contributed by atoms with Crippen molar-refractivity contribution in [3.63, 3.8) is 0 Å². The highest BCUT2D eigenvalue weighted by atomic mass is 35.5. The maximum Gasteiger partial charge on any atom is 0.0900 e. The van der Waals surface area contributed by atoms with Crippen LogP contribution in [0.1, 0.15) is 74.1 Å². The Kier molecular flexibility index (Phi) is 7.69. The van der Waals surface area contributed by atoms with Gasteiger partial charge in [-0.15, -0.1) is 12.4 Å². The zero-order valence-corrected chi connectivity index (χ0v) is 15.8. The largest absolute Gasteiger partial charge is 0.389 e. The summed E-state index contributed by atoms with van der Waals surface area (Å²) in [5.74, 6) is 0. The zero-order valence-electron chi connectivity index (χ0n) is 15.0. The molecule has 1 N–H and O–H groups in total. The van der Waals surface area contributed by atoms with Crippen molar-refractivity contribution in [3.8, 4) is 0 Å². The Balaban J connectivity index is 0.00000400. The summed E-state index contributed by atoms with van der Waals surface area (Å²) in [6.07, 6.45) is 4.21. The Morgan fingerprint density at radius 1 is 1.14 bits per heavy atom. The van der Waals surface area contributed by atoms with Crippen molar-refractivity contribution >= 4 is 12.4 Å². The van der Waals surface area contributed by atoms with Gasteiger partial charge < -0.3 is 9.84 Å². The lowest BCUT2D eigenvalue weighted by Gasteiger charge is -2.53. The van der Waals surface area contributed by atoms with Gasteiger partial charge in [-0.2, -0.15) is 0 Å². The van der Waals surface area contributed by atoms with Gasteiger partial charge in [-0.25, -0.2) is 0 Å². The first-order chi connectivity index (χ1) is 9.00. The molecule has 1 aliphatic heterocycles. The molecule has 1 aliphatic rings. The summed E-state index contributed by atoms with van der Waals surface area (Å²) in [6, 6.07) is 0. The van der Waals surface area contributed by atoms with Gasteiger partial charge in [0.25, 0.3) is 0 Å². The van der Waals surface area contributed by atoms with Crippen LogP contribution in [-0.2, 0) is 4.74 Å². The number of aliphatic hydroxyl groups is 1. The first-order valence-corrected chi connectivity index (χ1v) is 8.10. The average molecular weight is 322 g/mol. The van der Waals surface area contributed by atoms with E-state index in [9.17, 15) is 5.11 Å². The van der Waals surface area contributed by atoms with E-state index < -0.39 is 6.10 Å². The van der Waals surface area contributed by atoms with Gasteiger partial charge in [-0.05, 0) is 67.2 Å². The molecule has 21 heavy (non-hydrogen) atoms. The third-order valence-corrected chi connectivity index (χ3v) is 4.95. The number of halogens is 1. The minimum atomic E-state index is -0.419.